The van der Waals surface area contributed by atoms with Gasteiger partial charge in [-0.25, -0.2) is 14.8 Å². The van der Waals surface area contributed by atoms with Crippen molar-refractivity contribution in [3.63, 3.8) is 0 Å². The molecule has 0 aliphatic rings. The highest BCUT2D eigenvalue weighted by Gasteiger charge is 2.24. The second-order valence-electron chi connectivity index (χ2n) is 5.19. The van der Waals surface area contributed by atoms with E-state index in [4.69, 9.17) is 4.74 Å². The number of rotatable bonds is 6. The van der Waals surface area contributed by atoms with Crippen LogP contribution in [0.25, 0.3) is 10.2 Å². The minimum absolute atomic E-state index is 0.281. The van der Waals surface area contributed by atoms with Crippen LogP contribution in [0, 0.1) is 3.57 Å². The summed E-state index contributed by atoms with van der Waals surface area (Å²) in [6.07, 6.45) is 1.60. The molecule has 0 aliphatic carbocycles. The SMILES string of the molecule is CCc1sc2ncnc(OC(Cc3ccccc3)C(=O)O)c2c1I. The number of halogens is 1. The van der Waals surface area contributed by atoms with Gasteiger partial charge in [0.25, 0.3) is 0 Å². The van der Waals surface area contributed by atoms with Gasteiger partial charge in [-0.05, 0) is 34.6 Å². The van der Waals surface area contributed by atoms with E-state index in [9.17, 15) is 9.90 Å². The zero-order valence-corrected chi connectivity index (χ0v) is 15.9. The number of benzene rings is 1. The lowest BCUT2D eigenvalue weighted by Crippen LogP contribution is -2.29. The molecule has 0 amide bonds. The number of aliphatic carboxylic acids is 1. The topological polar surface area (TPSA) is 72.3 Å². The molecule has 1 N–H and O–H groups in total. The van der Waals surface area contributed by atoms with Crippen molar-refractivity contribution >= 4 is 50.1 Å². The van der Waals surface area contributed by atoms with Crippen LogP contribution < -0.4 is 4.74 Å². The van der Waals surface area contributed by atoms with Gasteiger partial charge in [0.05, 0.1) is 5.39 Å². The number of ether oxygens (including phenoxy) is 1. The molecule has 5 nitrogen and oxygen atoms in total. The molecule has 0 radical (unpaired) electrons. The maximum Gasteiger partial charge on any atom is 0.345 e. The van der Waals surface area contributed by atoms with E-state index in [1.54, 1.807) is 11.3 Å². The summed E-state index contributed by atoms with van der Waals surface area (Å²) in [7, 11) is 0. The van der Waals surface area contributed by atoms with Gasteiger partial charge >= 0.3 is 5.97 Å². The Morgan fingerprint density at radius 1 is 1.33 bits per heavy atom. The Labute approximate surface area is 156 Å². The highest BCUT2D eigenvalue weighted by atomic mass is 127. The van der Waals surface area contributed by atoms with Crippen molar-refractivity contribution in [1.29, 1.82) is 0 Å². The van der Waals surface area contributed by atoms with Crippen LogP contribution in [-0.2, 0) is 17.6 Å². The normalized spacial score (nSPS) is 12.2. The highest BCUT2D eigenvalue weighted by molar-refractivity contribution is 14.1. The van der Waals surface area contributed by atoms with Gasteiger partial charge in [0.1, 0.15) is 11.2 Å². The van der Waals surface area contributed by atoms with Gasteiger partial charge in [-0.2, -0.15) is 0 Å². The Hall–Kier alpha value is -1.74. The third kappa shape index (κ3) is 3.51. The third-order valence-electron chi connectivity index (χ3n) is 3.58. The zero-order valence-electron chi connectivity index (χ0n) is 12.9. The molecule has 2 aromatic heterocycles. The molecule has 0 saturated heterocycles. The summed E-state index contributed by atoms with van der Waals surface area (Å²) in [6.45, 7) is 2.08. The predicted molar refractivity (Wildman–Crippen MR) is 102 cm³/mol. The first-order valence-corrected chi connectivity index (χ1v) is 9.35. The molecule has 0 fully saturated rings. The number of aromatic nitrogens is 2. The summed E-state index contributed by atoms with van der Waals surface area (Å²) in [4.78, 5) is 22.1. The largest absolute Gasteiger partial charge is 0.478 e. The summed E-state index contributed by atoms with van der Waals surface area (Å²) in [5.41, 5.74) is 0.907. The Morgan fingerprint density at radius 2 is 2.08 bits per heavy atom. The predicted octanol–water partition coefficient (Wildman–Crippen LogP) is 3.93. The van der Waals surface area contributed by atoms with Crippen LogP contribution in [0.15, 0.2) is 36.7 Å². The van der Waals surface area contributed by atoms with Crippen LogP contribution in [0.3, 0.4) is 0 Å². The first kappa shape index (κ1) is 17.1. The summed E-state index contributed by atoms with van der Waals surface area (Å²) >= 11 is 3.84. The maximum atomic E-state index is 11.6. The van der Waals surface area contributed by atoms with Gasteiger partial charge in [-0.15, -0.1) is 11.3 Å². The first-order chi connectivity index (χ1) is 11.6. The van der Waals surface area contributed by atoms with Crippen molar-refractivity contribution < 1.29 is 14.6 Å². The van der Waals surface area contributed by atoms with Gasteiger partial charge in [-0.3, -0.25) is 0 Å². The van der Waals surface area contributed by atoms with Crippen molar-refractivity contribution in [3.8, 4) is 5.88 Å². The fraction of sp³-hybridized carbons (Fsp3) is 0.235. The number of carboxylic acids is 1. The van der Waals surface area contributed by atoms with Gasteiger partial charge in [0.15, 0.2) is 0 Å². The molecule has 3 rings (SSSR count). The zero-order chi connectivity index (χ0) is 17.1. The molecule has 124 valence electrons. The standard InChI is InChI=1S/C17H15IN2O3S/c1-2-12-14(18)13-15(19-9-20-16(13)24-12)23-11(17(21)22)8-10-6-4-3-5-7-10/h3-7,9,11H,2,8H2,1H3,(H,21,22). The molecule has 1 aromatic carbocycles. The van der Waals surface area contributed by atoms with Crippen LogP contribution in [0.1, 0.15) is 17.4 Å². The number of carboxylic acid groups (broad SMARTS) is 1. The number of carbonyl (C=O) groups is 1. The van der Waals surface area contributed by atoms with Crippen LogP contribution in [-0.4, -0.2) is 27.1 Å². The number of hydrogen-bond acceptors (Lipinski definition) is 5. The first-order valence-electron chi connectivity index (χ1n) is 7.45. The fourth-order valence-corrected chi connectivity index (χ4v) is 4.72. The second kappa shape index (κ2) is 7.43. The Kier molecular flexibility index (Phi) is 5.30. The lowest BCUT2D eigenvalue weighted by molar-refractivity contribution is -0.145. The summed E-state index contributed by atoms with van der Waals surface area (Å²) in [5, 5.41) is 10.3. The molecule has 7 heteroatoms. The quantitative estimate of drug-likeness (QED) is 0.572. The van der Waals surface area contributed by atoms with E-state index < -0.39 is 12.1 Å². The van der Waals surface area contributed by atoms with Crippen molar-refractivity contribution in [2.75, 3.05) is 0 Å². The van der Waals surface area contributed by atoms with Gasteiger partial charge < -0.3 is 9.84 Å². The van der Waals surface area contributed by atoms with E-state index in [0.717, 1.165) is 25.8 Å². The average molecular weight is 454 g/mol. The van der Waals surface area contributed by atoms with Crippen LogP contribution in [0.5, 0.6) is 5.88 Å². The Bertz CT molecular complexity index is 867. The second-order valence-corrected chi connectivity index (χ2v) is 7.35. The highest BCUT2D eigenvalue weighted by Crippen LogP contribution is 2.36. The van der Waals surface area contributed by atoms with E-state index >= 15 is 0 Å². The van der Waals surface area contributed by atoms with Crippen LogP contribution >= 0.6 is 33.9 Å². The minimum Gasteiger partial charge on any atom is -0.478 e. The molecule has 0 spiro atoms. The summed E-state index contributed by atoms with van der Waals surface area (Å²) < 4.78 is 6.82. The number of aryl methyl sites for hydroxylation is 1. The number of fused-ring (bicyclic) bond motifs is 1. The van der Waals surface area contributed by atoms with E-state index in [1.165, 1.54) is 11.2 Å². The average Bonchev–Trinajstić information content (AvgIpc) is 2.92. The molecule has 1 unspecified atom stereocenters. The molecule has 3 aromatic rings. The van der Waals surface area contributed by atoms with E-state index in [0.29, 0.717) is 5.88 Å². The molecule has 24 heavy (non-hydrogen) atoms. The van der Waals surface area contributed by atoms with Crippen LogP contribution in [0.2, 0.25) is 0 Å². The Morgan fingerprint density at radius 3 is 2.75 bits per heavy atom. The molecule has 2 heterocycles. The third-order valence-corrected chi connectivity index (χ3v) is 6.37. The molecule has 0 saturated carbocycles. The van der Waals surface area contributed by atoms with E-state index in [1.807, 2.05) is 30.3 Å². The number of thiophene rings is 1. The fourth-order valence-electron chi connectivity index (χ4n) is 2.38. The van der Waals surface area contributed by atoms with Crippen LogP contribution in [0.4, 0.5) is 0 Å². The van der Waals surface area contributed by atoms with Gasteiger partial charge in [-0.1, -0.05) is 37.3 Å². The lowest BCUT2D eigenvalue weighted by atomic mass is 10.1. The molecular weight excluding hydrogens is 439 g/mol. The van der Waals surface area contributed by atoms with Gasteiger partial charge in [0, 0.05) is 14.9 Å². The molecular formula is C17H15IN2O3S. The smallest absolute Gasteiger partial charge is 0.345 e. The number of hydrogen-bond donors (Lipinski definition) is 1. The molecule has 1 atom stereocenters. The van der Waals surface area contributed by atoms with E-state index in [-0.39, 0.29) is 6.42 Å². The number of nitrogens with zero attached hydrogens (tertiary/aromatic N) is 2. The van der Waals surface area contributed by atoms with Crippen molar-refractivity contribution in [3.05, 3.63) is 50.7 Å². The van der Waals surface area contributed by atoms with E-state index in [2.05, 4.69) is 39.5 Å². The van der Waals surface area contributed by atoms with Crippen molar-refractivity contribution in [2.24, 2.45) is 0 Å². The van der Waals surface area contributed by atoms with Crippen molar-refractivity contribution in [2.45, 2.75) is 25.9 Å². The summed E-state index contributed by atoms with van der Waals surface area (Å²) in [6, 6.07) is 9.43. The van der Waals surface area contributed by atoms with Gasteiger partial charge in [0.2, 0.25) is 12.0 Å². The maximum absolute atomic E-state index is 11.6. The Balaban J connectivity index is 1.94. The summed E-state index contributed by atoms with van der Waals surface area (Å²) in [5.74, 6) is -0.671. The monoisotopic (exact) mass is 454 g/mol. The lowest BCUT2D eigenvalue weighted by Gasteiger charge is -2.15. The molecule has 0 bridgehead atoms. The minimum atomic E-state index is -1.01. The molecule has 0 aliphatic heterocycles. The van der Waals surface area contributed by atoms with Crippen molar-refractivity contribution in [1.82, 2.24) is 9.97 Å².